The maximum Gasteiger partial charge on any atom is 0.271 e. The number of hydrogen-bond donors (Lipinski definition) is 1. The standard InChI is InChI=1S/C20H22N4O3/c1-3-17(25)23-10-15(11-23)24(14-4-5-14)16-8-13(9-22-20(16)27)18-19(26)12(2)6-7-21-18/h3,6-9,12,14-15H,1,4-5,10-11H2,2H3,(H,22,27). The Hall–Kier alpha value is -2.96. The number of carbonyl (C=O) groups excluding carboxylic acids is 2. The first-order valence-corrected chi connectivity index (χ1v) is 9.21. The highest BCUT2D eigenvalue weighted by Gasteiger charge is 2.42. The molecule has 0 spiro atoms. The van der Waals surface area contributed by atoms with Gasteiger partial charge in [-0.2, -0.15) is 0 Å². The smallest absolute Gasteiger partial charge is 0.271 e. The number of aromatic amines is 1. The Kier molecular flexibility index (Phi) is 4.30. The quantitative estimate of drug-likeness (QED) is 0.795. The molecule has 2 aliphatic heterocycles. The first kappa shape index (κ1) is 17.5. The van der Waals surface area contributed by atoms with Crippen LogP contribution in [0, 0.1) is 5.92 Å². The van der Waals surface area contributed by atoms with Crippen molar-refractivity contribution in [2.75, 3.05) is 18.0 Å². The Morgan fingerprint density at radius 2 is 2.07 bits per heavy atom. The second-order valence-corrected chi connectivity index (χ2v) is 7.31. The molecule has 27 heavy (non-hydrogen) atoms. The molecule has 1 aliphatic carbocycles. The van der Waals surface area contributed by atoms with Crippen molar-refractivity contribution >= 4 is 23.1 Å². The van der Waals surface area contributed by atoms with E-state index in [1.807, 2.05) is 6.92 Å². The maximum absolute atomic E-state index is 12.6. The first-order chi connectivity index (χ1) is 13.0. The van der Waals surface area contributed by atoms with Crippen LogP contribution in [0.15, 0.2) is 47.0 Å². The fourth-order valence-electron chi connectivity index (χ4n) is 3.61. The third-order valence-electron chi connectivity index (χ3n) is 5.34. The Labute approximate surface area is 157 Å². The zero-order valence-electron chi connectivity index (χ0n) is 15.2. The molecule has 1 aromatic rings. The number of carbonyl (C=O) groups is 2. The SMILES string of the molecule is C=CC(=O)N1CC(N(c2cc(C3=NC=CC(C)C3=O)c[nH]c2=O)C2CC2)C1. The van der Waals surface area contributed by atoms with Crippen molar-refractivity contribution in [3.63, 3.8) is 0 Å². The lowest BCUT2D eigenvalue weighted by atomic mass is 9.96. The number of rotatable bonds is 5. The van der Waals surface area contributed by atoms with Crippen LogP contribution in [-0.2, 0) is 9.59 Å². The Morgan fingerprint density at radius 3 is 2.74 bits per heavy atom. The molecule has 1 N–H and O–H groups in total. The van der Waals surface area contributed by atoms with Crippen molar-refractivity contribution in [3.05, 3.63) is 53.1 Å². The maximum atomic E-state index is 12.6. The molecule has 1 aromatic heterocycles. The zero-order valence-corrected chi connectivity index (χ0v) is 15.2. The van der Waals surface area contributed by atoms with Crippen LogP contribution in [0.3, 0.4) is 0 Å². The number of H-pyrrole nitrogens is 1. The van der Waals surface area contributed by atoms with Gasteiger partial charge in [-0.1, -0.05) is 19.6 Å². The lowest BCUT2D eigenvalue weighted by Crippen LogP contribution is -2.62. The van der Waals surface area contributed by atoms with Gasteiger partial charge < -0.3 is 14.8 Å². The lowest BCUT2D eigenvalue weighted by Gasteiger charge is -2.46. The molecule has 7 nitrogen and oxygen atoms in total. The van der Waals surface area contributed by atoms with E-state index in [1.54, 1.807) is 29.4 Å². The Bertz CT molecular complexity index is 919. The van der Waals surface area contributed by atoms with Crippen molar-refractivity contribution in [3.8, 4) is 0 Å². The number of nitrogens with zero attached hydrogens (tertiary/aromatic N) is 3. The van der Waals surface area contributed by atoms with Gasteiger partial charge in [0.05, 0.1) is 6.04 Å². The third kappa shape index (κ3) is 3.13. The van der Waals surface area contributed by atoms with Gasteiger partial charge in [0.1, 0.15) is 11.4 Å². The minimum atomic E-state index is -0.225. The fraction of sp³-hybridized carbons (Fsp3) is 0.400. The third-order valence-corrected chi connectivity index (χ3v) is 5.34. The molecule has 0 radical (unpaired) electrons. The summed E-state index contributed by atoms with van der Waals surface area (Å²) in [5, 5.41) is 0. The average molecular weight is 366 g/mol. The minimum absolute atomic E-state index is 0.0557. The number of amides is 1. The number of allylic oxidation sites excluding steroid dienone is 1. The van der Waals surface area contributed by atoms with Gasteiger partial charge in [-0.15, -0.1) is 0 Å². The van der Waals surface area contributed by atoms with E-state index in [0.717, 1.165) is 12.8 Å². The van der Waals surface area contributed by atoms with Crippen LogP contribution in [0.4, 0.5) is 5.69 Å². The van der Waals surface area contributed by atoms with Crippen LogP contribution in [0.5, 0.6) is 0 Å². The van der Waals surface area contributed by atoms with Gasteiger partial charge in [-0.25, -0.2) is 0 Å². The summed E-state index contributed by atoms with van der Waals surface area (Å²) >= 11 is 0. The molecule has 0 aromatic carbocycles. The molecule has 7 heteroatoms. The summed E-state index contributed by atoms with van der Waals surface area (Å²) in [5.74, 6) is -0.370. The number of Topliss-reactive ketones (excluding diaryl/α,β-unsaturated/α-hetero) is 1. The highest BCUT2D eigenvalue weighted by atomic mass is 16.2. The van der Waals surface area contributed by atoms with E-state index in [2.05, 4.69) is 21.5 Å². The summed E-state index contributed by atoms with van der Waals surface area (Å²) in [6, 6.07) is 2.16. The van der Waals surface area contributed by atoms with E-state index in [1.165, 1.54) is 6.08 Å². The molecule has 0 bridgehead atoms. The van der Waals surface area contributed by atoms with Gasteiger partial charge in [0.15, 0.2) is 5.78 Å². The normalized spacial score (nSPS) is 22.3. The summed E-state index contributed by atoms with van der Waals surface area (Å²) in [6.45, 7) is 6.50. The summed E-state index contributed by atoms with van der Waals surface area (Å²) in [5.41, 5.74) is 1.35. The summed E-state index contributed by atoms with van der Waals surface area (Å²) in [6.07, 6.45) is 8.30. The largest absolute Gasteiger partial charge is 0.358 e. The highest BCUT2D eigenvalue weighted by Crippen LogP contribution is 2.35. The molecule has 140 valence electrons. The van der Waals surface area contributed by atoms with Gasteiger partial charge in [0.2, 0.25) is 5.91 Å². The summed E-state index contributed by atoms with van der Waals surface area (Å²) < 4.78 is 0. The summed E-state index contributed by atoms with van der Waals surface area (Å²) in [7, 11) is 0. The minimum Gasteiger partial charge on any atom is -0.358 e. The molecule has 3 aliphatic rings. The molecule has 1 amide bonds. The van der Waals surface area contributed by atoms with E-state index in [4.69, 9.17) is 0 Å². The van der Waals surface area contributed by atoms with Crippen molar-refractivity contribution in [1.82, 2.24) is 9.88 Å². The predicted molar refractivity (Wildman–Crippen MR) is 103 cm³/mol. The number of ketones is 1. The van der Waals surface area contributed by atoms with Crippen LogP contribution in [0.25, 0.3) is 0 Å². The predicted octanol–water partition coefficient (Wildman–Crippen LogP) is 1.26. The number of aromatic nitrogens is 1. The second-order valence-electron chi connectivity index (χ2n) is 7.31. The van der Waals surface area contributed by atoms with Gasteiger partial charge in [-0.05, 0) is 25.0 Å². The highest BCUT2D eigenvalue weighted by molar-refractivity contribution is 6.47. The number of hydrogen-bond acceptors (Lipinski definition) is 5. The van der Waals surface area contributed by atoms with E-state index >= 15 is 0 Å². The molecule has 1 atom stereocenters. The average Bonchev–Trinajstić information content (AvgIpc) is 3.45. The summed E-state index contributed by atoms with van der Waals surface area (Å²) in [4.78, 5) is 47.6. The van der Waals surface area contributed by atoms with E-state index in [9.17, 15) is 14.4 Å². The Balaban J connectivity index is 1.64. The topological polar surface area (TPSA) is 85.8 Å². The number of aliphatic imine (C=N–C) groups is 1. The van der Waals surface area contributed by atoms with Gasteiger partial charge in [-0.3, -0.25) is 19.4 Å². The van der Waals surface area contributed by atoms with Crippen LogP contribution < -0.4 is 10.5 Å². The van der Waals surface area contributed by atoms with Crippen LogP contribution in [-0.4, -0.2) is 52.5 Å². The fourth-order valence-corrected chi connectivity index (χ4v) is 3.61. The number of nitrogens with one attached hydrogen (secondary N) is 1. The van der Waals surface area contributed by atoms with Gasteiger partial charge >= 0.3 is 0 Å². The van der Waals surface area contributed by atoms with Crippen molar-refractivity contribution in [1.29, 1.82) is 0 Å². The molecular weight excluding hydrogens is 344 g/mol. The van der Waals surface area contributed by atoms with Gasteiger partial charge in [0.25, 0.3) is 5.56 Å². The number of likely N-dealkylation sites (tertiary alicyclic amines) is 1. The van der Waals surface area contributed by atoms with Crippen molar-refractivity contribution in [2.45, 2.75) is 31.8 Å². The van der Waals surface area contributed by atoms with Crippen LogP contribution >= 0.6 is 0 Å². The second kappa shape index (κ2) is 6.64. The lowest BCUT2D eigenvalue weighted by molar-refractivity contribution is -0.130. The number of pyridine rings is 1. The van der Waals surface area contributed by atoms with E-state index in [-0.39, 0.29) is 29.2 Å². The van der Waals surface area contributed by atoms with Crippen molar-refractivity contribution in [2.24, 2.45) is 10.9 Å². The number of anilines is 1. The van der Waals surface area contributed by atoms with E-state index in [0.29, 0.717) is 36.1 Å². The zero-order chi connectivity index (χ0) is 19.1. The Morgan fingerprint density at radius 1 is 1.33 bits per heavy atom. The molecule has 1 saturated carbocycles. The van der Waals surface area contributed by atoms with E-state index < -0.39 is 0 Å². The van der Waals surface area contributed by atoms with Gasteiger partial charge in [0, 0.05) is 43.0 Å². The molecule has 1 unspecified atom stereocenters. The van der Waals surface area contributed by atoms with Crippen LogP contribution in [0.2, 0.25) is 0 Å². The molecule has 3 heterocycles. The molecule has 2 fully saturated rings. The van der Waals surface area contributed by atoms with Crippen molar-refractivity contribution < 1.29 is 9.59 Å². The molecular formula is C20H22N4O3. The van der Waals surface area contributed by atoms with Crippen LogP contribution in [0.1, 0.15) is 25.3 Å². The monoisotopic (exact) mass is 366 g/mol. The molecule has 4 rings (SSSR count). The first-order valence-electron chi connectivity index (χ1n) is 9.21. The molecule has 1 saturated heterocycles.